The summed E-state index contributed by atoms with van der Waals surface area (Å²) in [5, 5.41) is 3.68. The van der Waals surface area contributed by atoms with Crippen LogP contribution in [-0.2, 0) is 0 Å². The molecule has 96 valence electrons. The van der Waals surface area contributed by atoms with E-state index in [2.05, 4.69) is 51.8 Å². The Hall–Kier alpha value is -0.0800. The number of hydrogen-bond acceptors (Lipinski definition) is 2. The maximum Gasteiger partial charge on any atom is 0.0197 e. The van der Waals surface area contributed by atoms with Crippen molar-refractivity contribution in [2.75, 3.05) is 13.1 Å². The fraction of sp³-hybridized carbons (Fsp3) is 1.00. The van der Waals surface area contributed by atoms with Gasteiger partial charge in [-0.25, -0.2) is 0 Å². The Bertz CT molecular complexity index is 221. The molecule has 0 saturated carbocycles. The number of nitrogens with zero attached hydrogens (tertiary/aromatic N) is 1. The summed E-state index contributed by atoms with van der Waals surface area (Å²) in [4.78, 5) is 2.66. The molecule has 0 amide bonds. The van der Waals surface area contributed by atoms with E-state index in [1.54, 1.807) is 0 Å². The number of likely N-dealkylation sites (tertiary alicyclic amines) is 1. The van der Waals surface area contributed by atoms with Crippen LogP contribution >= 0.6 is 0 Å². The molecule has 2 nitrogen and oxygen atoms in total. The van der Waals surface area contributed by atoms with Gasteiger partial charge >= 0.3 is 0 Å². The van der Waals surface area contributed by atoms with E-state index in [0.29, 0.717) is 11.6 Å². The van der Waals surface area contributed by atoms with Crippen LogP contribution in [0.15, 0.2) is 0 Å². The molecule has 1 aliphatic heterocycles. The summed E-state index contributed by atoms with van der Waals surface area (Å²) in [7, 11) is 0. The fourth-order valence-corrected chi connectivity index (χ4v) is 2.60. The van der Waals surface area contributed by atoms with Gasteiger partial charge in [-0.15, -0.1) is 0 Å². The zero-order valence-electron chi connectivity index (χ0n) is 12.1. The molecule has 0 aliphatic carbocycles. The molecule has 0 aromatic rings. The van der Waals surface area contributed by atoms with Gasteiger partial charge in [0.05, 0.1) is 0 Å². The van der Waals surface area contributed by atoms with Crippen LogP contribution in [0.25, 0.3) is 0 Å². The SMILES string of the molecule is CCC(C)(C)NCC(C)N1CCCC1(C)C. The monoisotopic (exact) mass is 226 g/mol. The summed E-state index contributed by atoms with van der Waals surface area (Å²) < 4.78 is 0. The van der Waals surface area contributed by atoms with Gasteiger partial charge in [-0.1, -0.05) is 6.92 Å². The molecule has 16 heavy (non-hydrogen) atoms. The minimum absolute atomic E-state index is 0.276. The van der Waals surface area contributed by atoms with E-state index >= 15 is 0 Å². The van der Waals surface area contributed by atoms with E-state index in [-0.39, 0.29) is 5.54 Å². The third kappa shape index (κ3) is 3.46. The second-order valence-electron chi connectivity index (χ2n) is 6.58. The average Bonchev–Trinajstić information content (AvgIpc) is 2.55. The molecule has 0 radical (unpaired) electrons. The minimum Gasteiger partial charge on any atom is -0.310 e. The molecular weight excluding hydrogens is 196 g/mol. The molecule has 0 aromatic heterocycles. The number of hydrogen-bond donors (Lipinski definition) is 1. The summed E-state index contributed by atoms with van der Waals surface area (Å²) in [5.74, 6) is 0. The van der Waals surface area contributed by atoms with Gasteiger partial charge in [0.2, 0.25) is 0 Å². The zero-order valence-corrected chi connectivity index (χ0v) is 12.1. The van der Waals surface area contributed by atoms with Crippen LogP contribution in [0.5, 0.6) is 0 Å². The van der Waals surface area contributed by atoms with Crippen molar-refractivity contribution in [2.24, 2.45) is 0 Å². The molecule has 0 bridgehead atoms. The highest BCUT2D eigenvalue weighted by atomic mass is 15.2. The zero-order chi connectivity index (χ0) is 12.4. The molecule has 0 spiro atoms. The Morgan fingerprint density at radius 1 is 1.38 bits per heavy atom. The van der Waals surface area contributed by atoms with Crippen LogP contribution in [0.2, 0.25) is 0 Å². The first kappa shape index (κ1) is 14.0. The standard InChI is InChI=1S/C14H30N2/c1-7-13(3,4)15-11-12(2)16-10-8-9-14(16,5)6/h12,15H,7-11H2,1-6H3. The van der Waals surface area contributed by atoms with Crippen LogP contribution in [0.1, 0.15) is 60.8 Å². The molecule has 1 atom stereocenters. The van der Waals surface area contributed by atoms with Crippen molar-refractivity contribution < 1.29 is 0 Å². The molecule has 0 aromatic carbocycles. The van der Waals surface area contributed by atoms with E-state index in [9.17, 15) is 0 Å². The molecule has 1 N–H and O–H groups in total. The predicted molar refractivity (Wildman–Crippen MR) is 71.9 cm³/mol. The van der Waals surface area contributed by atoms with Crippen molar-refractivity contribution in [3.05, 3.63) is 0 Å². The van der Waals surface area contributed by atoms with E-state index < -0.39 is 0 Å². The largest absolute Gasteiger partial charge is 0.310 e. The van der Waals surface area contributed by atoms with Crippen LogP contribution in [0.4, 0.5) is 0 Å². The third-order valence-corrected chi connectivity index (χ3v) is 4.26. The van der Waals surface area contributed by atoms with Gasteiger partial charge in [0.25, 0.3) is 0 Å². The summed E-state index contributed by atoms with van der Waals surface area (Å²) in [6.07, 6.45) is 3.88. The van der Waals surface area contributed by atoms with Crippen molar-refractivity contribution in [1.29, 1.82) is 0 Å². The summed E-state index contributed by atoms with van der Waals surface area (Å²) in [6, 6.07) is 0.642. The van der Waals surface area contributed by atoms with Gasteiger partial charge in [0.15, 0.2) is 0 Å². The number of rotatable bonds is 5. The van der Waals surface area contributed by atoms with Crippen LogP contribution < -0.4 is 5.32 Å². The van der Waals surface area contributed by atoms with E-state index in [0.717, 1.165) is 6.54 Å². The highest BCUT2D eigenvalue weighted by Gasteiger charge is 2.35. The van der Waals surface area contributed by atoms with Gasteiger partial charge in [-0.3, -0.25) is 4.90 Å². The van der Waals surface area contributed by atoms with Crippen molar-refractivity contribution in [3.8, 4) is 0 Å². The topological polar surface area (TPSA) is 15.3 Å². The molecular formula is C14H30N2. The van der Waals surface area contributed by atoms with Crippen molar-refractivity contribution in [3.63, 3.8) is 0 Å². The Balaban J connectivity index is 2.44. The Labute approximate surface area is 102 Å². The lowest BCUT2D eigenvalue weighted by molar-refractivity contribution is 0.117. The Kier molecular flexibility index (Phi) is 4.42. The van der Waals surface area contributed by atoms with Gasteiger partial charge < -0.3 is 5.32 Å². The van der Waals surface area contributed by atoms with Gasteiger partial charge in [0, 0.05) is 23.7 Å². The maximum absolute atomic E-state index is 3.68. The van der Waals surface area contributed by atoms with E-state index in [1.165, 1.54) is 25.8 Å². The first-order valence-corrected chi connectivity index (χ1v) is 6.80. The van der Waals surface area contributed by atoms with Gasteiger partial charge in [-0.05, 0) is 60.4 Å². The van der Waals surface area contributed by atoms with Crippen molar-refractivity contribution in [2.45, 2.75) is 77.9 Å². The quantitative estimate of drug-likeness (QED) is 0.775. The second kappa shape index (κ2) is 5.05. The second-order valence-corrected chi connectivity index (χ2v) is 6.58. The lowest BCUT2D eigenvalue weighted by atomic mass is 9.99. The predicted octanol–water partition coefficient (Wildman–Crippen LogP) is 3.03. The molecule has 1 fully saturated rings. The average molecular weight is 226 g/mol. The van der Waals surface area contributed by atoms with Crippen molar-refractivity contribution in [1.82, 2.24) is 10.2 Å². The lowest BCUT2D eigenvalue weighted by Crippen LogP contribution is -2.51. The Morgan fingerprint density at radius 2 is 2.00 bits per heavy atom. The molecule has 1 saturated heterocycles. The van der Waals surface area contributed by atoms with Crippen LogP contribution in [0.3, 0.4) is 0 Å². The fourth-order valence-electron chi connectivity index (χ4n) is 2.60. The molecule has 1 unspecified atom stereocenters. The molecule has 1 heterocycles. The van der Waals surface area contributed by atoms with Gasteiger partial charge in [0.1, 0.15) is 0 Å². The normalized spacial score (nSPS) is 23.6. The molecule has 2 heteroatoms. The Morgan fingerprint density at radius 3 is 2.44 bits per heavy atom. The van der Waals surface area contributed by atoms with Crippen LogP contribution in [0, 0.1) is 0 Å². The van der Waals surface area contributed by atoms with E-state index in [4.69, 9.17) is 0 Å². The lowest BCUT2D eigenvalue weighted by Gasteiger charge is -2.38. The highest BCUT2D eigenvalue weighted by molar-refractivity contribution is 4.92. The number of nitrogens with one attached hydrogen (secondary N) is 1. The highest BCUT2D eigenvalue weighted by Crippen LogP contribution is 2.30. The molecule has 1 aliphatic rings. The maximum atomic E-state index is 3.68. The summed E-state index contributed by atoms with van der Waals surface area (Å²) in [5.41, 5.74) is 0.676. The first-order chi connectivity index (χ1) is 7.28. The summed E-state index contributed by atoms with van der Waals surface area (Å²) in [6.45, 7) is 16.3. The molecule has 1 rings (SSSR count). The smallest absolute Gasteiger partial charge is 0.0197 e. The third-order valence-electron chi connectivity index (χ3n) is 4.26. The van der Waals surface area contributed by atoms with Crippen molar-refractivity contribution >= 4 is 0 Å². The van der Waals surface area contributed by atoms with Crippen LogP contribution in [-0.4, -0.2) is 35.1 Å². The summed E-state index contributed by atoms with van der Waals surface area (Å²) >= 11 is 0. The van der Waals surface area contributed by atoms with Gasteiger partial charge in [-0.2, -0.15) is 0 Å². The first-order valence-electron chi connectivity index (χ1n) is 6.80. The minimum atomic E-state index is 0.276. The van der Waals surface area contributed by atoms with E-state index in [1.807, 2.05) is 0 Å².